The van der Waals surface area contributed by atoms with Gasteiger partial charge in [0.1, 0.15) is 0 Å². The molecule has 1 aliphatic heterocycles. The van der Waals surface area contributed by atoms with Gasteiger partial charge in [-0.05, 0) is 68.8 Å². The number of amides is 2. The summed E-state index contributed by atoms with van der Waals surface area (Å²) in [5.74, 6) is 0.634. The minimum absolute atomic E-state index is 0.00112. The van der Waals surface area contributed by atoms with Crippen molar-refractivity contribution in [3.63, 3.8) is 0 Å². The van der Waals surface area contributed by atoms with Crippen molar-refractivity contribution in [1.82, 2.24) is 15.5 Å². The SMILES string of the molecule is CCCN1CCC(CNC(=O)NC2Cc3ccccc3C2)CC1. The first-order valence-corrected chi connectivity index (χ1v) is 9.08. The summed E-state index contributed by atoms with van der Waals surface area (Å²) in [6.07, 6.45) is 5.55. The van der Waals surface area contributed by atoms with Crippen molar-refractivity contribution in [2.45, 2.75) is 45.1 Å². The summed E-state index contributed by atoms with van der Waals surface area (Å²) in [6, 6.07) is 8.73. The van der Waals surface area contributed by atoms with Crippen LogP contribution in [0.5, 0.6) is 0 Å². The van der Waals surface area contributed by atoms with E-state index in [4.69, 9.17) is 0 Å². The molecule has 0 aromatic heterocycles. The number of likely N-dealkylation sites (tertiary alicyclic amines) is 1. The van der Waals surface area contributed by atoms with Crippen LogP contribution in [-0.2, 0) is 12.8 Å². The Hall–Kier alpha value is -1.55. The lowest BCUT2D eigenvalue weighted by atomic mass is 9.97. The number of rotatable bonds is 5. The molecule has 4 heteroatoms. The fourth-order valence-corrected chi connectivity index (χ4v) is 3.86. The van der Waals surface area contributed by atoms with Gasteiger partial charge < -0.3 is 15.5 Å². The summed E-state index contributed by atoms with van der Waals surface area (Å²) < 4.78 is 0. The van der Waals surface area contributed by atoms with Crippen molar-refractivity contribution in [2.75, 3.05) is 26.2 Å². The minimum Gasteiger partial charge on any atom is -0.338 e. The summed E-state index contributed by atoms with van der Waals surface area (Å²) in [5, 5.41) is 6.22. The van der Waals surface area contributed by atoms with Crippen molar-refractivity contribution >= 4 is 6.03 Å². The van der Waals surface area contributed by atoms with Gasteiger partial charge >= 0.3 is 6.03 Å². The van der Waals surface area contributed by atoms with Gasteiger partial charge in [0, 0.05) is 12.6 Å². The first-order valence-electron chi connectivity index (χ1n) is 9.08. The molecule has 2 N–H and O–H groups in total. The highest BCUT2D eigenvalue weighted by Crippen LogP contribution is 2.21. The van der Waals surface area contributed by atoms with Crippen LogP contribution in [0.1, 0.15) is 37.3 Å². The van der Waals surface area contributed by atoms with E-state index in [1.165, 1.54) is 50.0 Å². The molecule has 1 aromatic carbocycles. The number of piperidine rings is 1. The number of fused-ring (bicyclic) bond motifs is 1. The van der Waals surface area contributed by atoms with E-state index >= 15 is 0 Å². The second-order valence-electron chi connectivity index (χ2n) is 7.01. The van der Waals surface area contributed by atoms with E-state index in [1.54, 1.807) is 0 Å². The van der Waals surface area contributed by atoms with E-state index in [1.807, 2.05) is 0 Å². The van der Waals surface area contributed by atoms with E-state index in [-0.39, 0.29) is 12.1 Å². The Bertz CT molecular complexity index is 498. The Balaban J connectivity index is 1.35. The largest absolute Gasteiger partial charge is 0.338 e. The second-order valence-corrected chi connectivity index (χ2v) is 7.01. The Morgan fingerprint density at radius 1 is 1.17 bits per heavy atom. The Morgan fingerprint density at radius 3 is 2.43 bits per heavy atom. The minimum atomic E-state index is -0.00112. The van der Waals surface area contributed by atoms with Crippen LogP contribution in [0.2, 0.25) is 0 Å². The van der Waals surface area contributed by atoms with Crippen LogP contribution >= 0.6 is 0 Å². The molecule has 126 valence electrons. The van der Waals surface area contributed by atoms with Gasteiger partial charge in [-0.15, -0.1) is 0 Å². The summed E-state index contributed by atoms with van der Waals surface area (Å²) in [7, 11) is 0. The third kappa shape index (κ3) is 4.47. The molecule has 2 amide bonds. The Kier molecular flexibility index (Phi) is 5.55. The Morgan fingerprint density at radius 2 is 1.83 bits per heavy atom. The maximum atomic E-state index is 12.1. The van der Waals surface area contributed by atoms with Gasteiger partial charge in [-0.1, -0.05) is 31.2 Å². The predicted molar refractivity (Wildman–Crippen MR) is 93.6 cm³/mol. The molecular formula is C19H29N3O. The molecule has 0 saturated carbocycles. The summed E-state index contributed by atoms with van der Waals surface area (Å²) >= 11 is 0. The lowest BCUT2D eigenvalue weighted by Crippen LogP contribution is -2.45. The lowest BCUT2D eigenvalue weighted by Gasteiger charge is -2.31. The normalized spacial score (nSPS) is 19.5. The maximum Gasteiger partial charge on any atom is 0.315 e. The van der Waals surface area contributed by atoms with E-state index in [0.717, 1.165) is 19.4 Å². The van der Waals surface area contributed by atoms with Gasteiger partial charge in [0.15, 0.2) is 0 Å². The van der Waals surface area contributed by atoms with E-state index in [0.29, 0.717) is 5.92 Å². The van der Waals surface area contributed by atoms with Crippen LogP contribution in [0, 0.1) is 5.92 Å². The van der Waals surface area contributed by atoms with Crippen LogP contribution in [0.25, 0.3) is 0 Å². The number of benzene rings is 1. The Labute approximate surface area is 139 Å². The molecule has 0 spiro atoms. The van der Waals surface area contributed by atoms with Crippen molar-refractivity contribution in [3.05, 3.63) is 35.4 Å². The maximum absolute atomic E-state index is 12.1. The number of hydrogen-bond acceptors (Lipinski definition) is 2. The molecule has 1 aliphatic carbocycles. The summed E-state index contributed by atoms with van der Waals surface area (Å²) in [6.45, 7) is 6.62. The molecule has 0 bridgehead atoms. The average molecular weight is 315 g/mol. The fourth-order valence-electron chi connectivity index (χ4n) is 3.86. The highest BCUT2D eigenvalue weighted by Gasteiger charge is 2.23. The average Bonchev–Trinajstić information content (AvgIpc) is 2.96. The topological polar surface area (TPSA) is 44.4 Å². The van der Waals surface area contributed by atoms with Gasteiger partial charge in [0.25, 0.3) is 0 Å². The molecule has 0 atom stereocenters. The zero-order valence-corrected chi connectivity index (χ0v) is 14.2. The standard InChI is InChI=1S/C19H29N3O/c1-2-9-22-10-7-15(8-11-22)14-20-19(23)21-18-12-16-5-3-4-6-17(16)13-18/h3-6,15,18H,2,7-14H2,1H3,(H2,20,21,23). The van der Waals surface area contributed by atoms with Crippen molar-refractivity contribution in [1.29, 1.82) is 0 Å². The molecule has 23 heavy (non-hydrogen) atoms. The van der Waals surface area contributed by atoms with E-state index < -0.39 is 0 Å². The third-order valence-corrected chi connectivity index (χ3v) is 5.18. The molecular weight excluding hydrogens is 286 g/mol. The summed E-state index contributed by atoms with van der Waals surface area (Å²) in [4.78, 5) is 14.7. The van der Waals surface area contributed by atoms with Crippen molar-refractivity contribution in [3.8, 4) is 0 Å². The quantitative estimate of drug-likeness (QED) is 0.877. The number of hydrogen-bond donors (Lipinski definition) is 2. The first-order chi connectivity index (χ1) is 11.2. The monoisotopic (exact) mass is 315 g/mol. The smallest absolute Gasteiger partial charge is 0.315 e. The fraction of sp³-hybridized carbons (Fsp3) is 0.632. The highest BCUT2D eigenvalue weighted by molar-refractivity contribution is 5.74. The van der Waals surface area contributed by atoms with E-state index in [2.05, 4.69) is 46.7 Å². The number of urea groups is 1. The molecule has 0 radical (unpaired) electrons. The number of carbonyl (C=O) groups excluding carboxylic acids is 1. The van der Waals surface area contributed by atoms with Crippen LogP contribution in [0.3, 0.4) is 0 Å². The van der Waals surface area contributed by atoms with Gasteiger partial charge in [0.05, 0.1) is 0 Å². The highest BCUT2D eigenvalue weighted by atomic mass is 16.2. The molecule has 1 fully saturated rings. The molecule has 1 aromatic rings. The van der Waals surface area contributed by atoms with Gasteiger partial charge in [-0.25, -0.2) is 4.79 Å². The van der Waals surface area contributed by atoms with Gasteiger partial charge in [0.2, 0.25) is 0 Å². The van der Waals surface area contributed by atoms with Crippen LogP contribution in [-0.4, -0.2) is 43.2 Å². The zero-order chi connectivity index (χ0) is 16.1. The molecule has 0 unspecified atom stereocenters. The lowest BCUT2D eigenvalue weighted by molar-refractivity contribution is 0.181. The number of carbonyl (C=O) groups is 1. The second kappa shape index (κ2) is 7.82. The predicted octanol–water partition coefficient (Wildman–Crippen LogP) is 2.58. The van der Waals surface area contributed by atoms with Gasteiger partial charge in [-0.2, -0.15) is 0 Å². The molecule has 1 heterocycles. The van der Waals surface area contributed by atoms with Crippen LogP contribution in [0.15, 0.2) is 24.3 Å². The first kappa shape index (κ1) is 16.3. The number of nitrogens with zero attached hydrogens (tertiary/aromatic N) is 1. The molecule has 3 rings (SSSR count). The van der Waals surface area contributed by atoms with Crippen LogP contribution < -0.4 is 10.6 Å². The van der Waals surface area contributed by atoms with Crippen molar-refractivity contribution < 1.29 is 4.79 Å². The summed E-state index contributed by atoms with van der Waals surface area (Å²) in [5.41, 5.74) is 2.75. The molecule has 4 nitrogen and oxygen atoms in total. The third-order valence-electron chi connectivity index (χ3n) is 5.18. The molecule has 1 saturated heterocycles. The number of nitrogens with one attached hydrogen (secondary N) is 2. The van der Waals surface area contributed by atoms with E-state index in [9.17, 15) is 4.79 Å². The van der Waals surface area contributed by atoms with Gasteiger partial charge in [-0.3, -0.25) is 0 Å². The zero-order valence-electron chi connectivity index (χ0n) is 14.2. The van der Waals surface area contributed by atoms with Crippen molar-refractivity contribution in [2.24, 2.45) is 5.92 Å². The molecule has 2 aliphatic rings. The van der Waals surface area contributed by atoms with Crippen LogP contribution in [0.4, 0.5) is 4.79 Å².